The third kappa shape index (κ3) is 7.11. The van der Waals surface area contributed by atoms with Gasteiger partial charge in [-0.15, -0.1) is 11.3 Å². The maximum atomic E-state index is 4.19. The Balaban J connectivity index is 0.000000261. The van der Waals surface area contributed by atoms with E-state index in [1.165, 1.54) is 32.1 Å². The summed E-state index contributed by atoms with van der Waals surface area (Å²) in [5, 5.41) is 6.05. The van der Waals surface area contributed by atoms with Crippen LogP contribution in [0, 0.1) is 0 Å². The van der Waals surface area contributed by atoms with Crippen molar-refractivity contribution in [3.8, 4) is 0 Å². The third-order valence-electron chi connectivity index (χ3n) is 4.95. The maximum absolute atomic E-state index is 4.19. The summed E-state index contributed by atoms with van der Waals surface area (Å²) in [5.41, 5.74) is 2.17. The zero-order chi connectivity index (χ0) is 20.4. The maximum Gasteiger partial charge on any atom is 0.229 e. The molecule has 1 aliphatic carbocycles. The second kappa shape index (κ2) is 12.1. The van der Waals surface area contributed by atoms with Crippen LogP contribution in [-0.2, 0) is 0 Å². The fourth-order valence-electron chi connectivity index (χ4n) is 3.19. The van der Waals surface area contributed by atoms with Crippen molar-refractivity contribution in [3.63, 3.8) is 0 Å². The van der Waals surface area contributed by atoms with Gasteiger partial charge >= 0.3 is 0 Å². The molecule has 0 radical (unpaired) electrons. The monoisotopic (exact) mass is 420 g/mol. The first kappa shape index (κ1) is 22.7. The summed E-state index contributed by atoms with van der Waals surface area (Å²) in [7, 11) is 6.30. The minimum Gasteiger partial charge on any atom is -0.383 e. The molecule has 154 valence electrons. The van der Waals surface area contributed by atoms with Crippen LogP contribution >= 0.6 is 23.3 Å². The van der Waals surface area contributed by atoms with E-state index >= 15 is 0 Å². The highest BCUT2D eigenvalue weighted by Gasteiger charge is 2.14. The van der Waals surface area contributed by atoms with Crippen molar-refractivity contribution in [2.45, 2.75) is 50.0 Å². The molecule has 0 bridgehead atoms. The lowest BCUT2D eigenvalue weighted by Crippen LogP contribution is -2.29. The standard InChI is InChI=1S/C13H17N4S2.C8H17N/c1-4-17(3)12-9-10(5-6-11(12)14-2)19-16-13-15-7-8-18-13;1-9(2)8-6-4-3-5-7-8/h5-9,14H,3-4H2,1-2H3,(H,15,16);8H,3-7H2,1-2H3/q+1;. The lowest BCUT2D eigenvalue weighted by molar-refractivity contribution is -0.425. The van der Waals surface area contributed by atoms with Crippen LogP contribution in [0.4, 0.5) is 16.5 Å². The molecule has 2 N–H and O–H groups in total. The zero-order valence-electron chi connectivity index (χ0n) is 17.6. The van der Waals surface area contributed by atoms with Crippen molar-refractivity contribution in [1.82, 2.24) is 9.88 Å². The van der Waals surface area contributed by atoms with Gasteiger partial charge in [0.05, 0.1) is 0 Å². The molecule has 0 spiro atoms. The molecular weight excluding hydrogens is 386 g/mol. The normalized spacial score (nSPS) is 14.3. The topological polar surface area (TPSA) is 43.2 Å². The summed E-state index contributed by atoms with van der Waals surface area (Å²) in [6.07, 6.45) is 8.99. The first-order valence-corrected chi connectivity index (χ1v) is 11.6. The quantitative estimate of drug-likeness (QED) is 0.349. The first-order valence-electron chi connectivity index (χ1n) is 9.93. The van der Waals surface area contributed by atoms with Crippen LogP contribution in [0.1, 0.15) is 39.0 Å². The van der Waals surface area contributed by atoms with Crippen molar-refractivity contribution in [3.05, 3.63) is 29.8 Å². The van der Waals surface area contributed by atoms with Crippen LogP contribution < -0.4 is 10.0 Å². The molecule has 0 saturated heterocycles. The number of anilines is 2. The van der Waals surface area contributed by atoms with Crippen molar-refractivity contribution in [1.29, 1.82) is 0 Å². The molecule has 1 aromatic carbocycles. The van der Waals surface area contributed by atoms with Gasteiger partial charge in [0.25, 0.3) is 0 Å². The van der Waals surface area contributed by atoms with E-state index in [1.807, 2.05) is 17.0 Å². The van der Waals surface area contributed by atoms with Crippen LogP contribution in [-0.4, -0.2) is 54.9 Å². The molecule has 0 atom stereocenters. The van der Waals surface area contributed by atoms with Gasteiger partial charge in [0.1, 0.15) is 18.9 Å². The Kier molecular flexibility index (Phi) is 9.81. The van der Waals surface area contributed by atoms with Gasteiger partial charge < -0.3 is 14.9 Å². The minimum atomic E-state index is 0.864. The molecule has 1 aromatic heterocycles. The molecular formula is C21H34N5S2+. The van der Waals surface area contributed by atoms with E-state index in [1.54, 1.807) is 29.5 Å². The molecule has 28 heavy (non-hydrogen) atoms. The van der Waals surface area contributed by atoms with Crippen LogP contribution in [0.3, 0.4) is 0 Å². The number of nitrogens with one attached hydrogen (secondary N) is 2. The fourth-order valence-corrected chi connectivity index (χ4v) is 4.45. The summed E-state index contributed by atoms with van der Waals surface area (Å²) < 4.78 is 5.20. The van der Waals surface area contributed by atoms with Crippen LogP contribution in [0.5, 0.6) is 0 Å². The summed E-state index contributed by atoms with van der Waals surface area (Å²) in [6.45, 7) is 6.99. The summed E-state index contributed by atoms with van der Waals surface area (Å²) in [5.74, 6) is 0. The zero-order valence-corrected chi connectivity index (χ0v) is 19.2. The minimum absolute atomic E-state index is 0.864. The van der Waals surface area contributed by atoms with Crippen molar-refractivity contribution >= 4 is 46.5 Å². The number of hydrogen-bond donors (Lipinski definition) is 2. The van der Waals surface area contributed by atoms with Crippen LogP contribution in [0.15, 0.2) is 34.7 Å². The lowest BCUT2D eigenvalue weighted by atomic mass is 9.95. The number of benzene rings is 1. The van der Waals surface area contributed by atoms with E-state index in [-0.39, 0.29) is 0 Å². The molecule has 3 rings (SSSR count). The molecule has 0 unspecified atom stereocenters. The highest BCUT2D eigenvalue weighted by Crippen LogP contribution is 2.30. The van der Waals surface area contributed by atoms with Gasteiger partial charge in [0, 0.05) is 35.6 Å². The average molecular weight is 421 g/mol. The molecule has 1 saturated carbocycles. The van der Waals surface area contributed by atoms with Gasteiger partial charge in [0.15, 0.2) is 5.13 Å². The van der Waals surface area contributed by atoms with Gasteiger partial charge in [-0.25, -0.2) is 9.56 Å². The molecule has 1 fully saturated rings. The third-order valence-corrected chi connectivity index (χ3v) is 6.56. The molecule has 2 aromatic rings. The first-order chi connectivity index (χ1) is 13.5. The molecule has 0 aliphatic heterocycles. The number of aromatic nitrogens is 1. The number of thiazole rings is 1. The average Bonchev–Trinajstić information content (AvgIpc) is 3.26. The van der Waals surface area contributed by atoms with Gasteiger partial charge in [0.2, 0.25) is 5.69 Å². The number of rotatable bonds is 7. The predicted octanol–water partition coefficient (Wildman–Crippen LogP) is 5.55. The van der Waals surface area contributed by atoms with Gasteiger partial charge in [-0.3, -0.25) is 0 Å². The Hall–Kier alpha value is -1.57. The molecule has 5 nitrogen and oxygen atoms in total. The van der Waals surface area contributed by atoms with Crippen molar-refractivity contribution in [2.75, 3.05) is 37.7 Å². The largest absolute Gasteiger partial charge is 0.383 e. The van der Waals surface area contributed by atoms with Crippen molar-refractivity contribution < 1.29 is 4.58 Å². The Morgan fingerprint density at radius 3 is 2.57 bits per heavy atom. The van der Waals surface area contributed by atoms with Gasteiger partial charge in [-0.1, -0.05) is 19.3 Å². The van der Waals surface area contributed by atoms with E-state index in [2.05, 4.69) is 65.9 Å². The SMILES string of the molecule is C=[N+](CC)c1cc(SNc2nccs2)ccc1NC.CN(C)C1CCCCC1. The van der Waals surface area contributed by atoms with Crippen LogP contribution in [0.25, 0.3) is 0 Å². The van der Waals surface area contributed by atoms with E-state index < -0.39 is 0 Å². The summed E-state index contributed by atoms with van der Waals surface area (Å²) in [4.78, 5) is 7.68. The van der Waals surface area contributed by atoms with Gasteiger partial charge in [-0.05, 0) is 57.9 Å². The van der Waals surface area contributed by atoms with E-state index in [4.69, 9.17) is 0 Å². The predicted molar refractivity (Wildman–Crippen MR) is 126 cm³/mol. The van der Waals surface area contributed by atoms with E-state index in [0.717, 1.165) is 34.0 Å². The van der Waals surface area contributed by atoms with Crippen LogP contribution in [0.2, 0.25) is 0 Å². The smallest absolute Gasteiger partial charge is 0.229 e. The highest BCUT2D eigenvalue weighted by atomic mass is 32.2. The molecule has 1 aliphatic rings. The molecule has 7 heteroatoms. The highest BCUT2D eigenvalue weighted by molar-refractivity contribution is 8.00. The fraction of sp³-hybridized carbons (Fsp3) is 0.524. The molecule has 0 amide bonds. The second-order valence-corrected chi connectivity index (χ2v) is 8.86. The number of nitrogens with zero attached hydrogens (tertiary/aromatic N) is 3. The Labute approximate surface area is 178 Å². The Morgan fingerprint density at radius 1 is 1.29 bits per heavy atom. The summed E-state index contributed by atoms with van der Waals surface area (Å²) in [6, 6.07) is 7.14. The molecule has 1 heterocycles. The van der Waals surface area contributed by atoms with E-state index in [0.29, 0.717) is 0 Å². The Morgan fingerprint density at radius 2 is 2.04 bits per heavy atom. The number of hydrogen-bond acceptors (Lipinski definition) is 6. The van der Waals surface area contributed by atoms with Gasteiger partial charge in [-0.2, -0.15) is 0 Å². The van der Waals surface area contributed by atoms with Crippen molar-refractivity contribution in [2.24, 2.45) is 0 Å². The van der Waals surface area contributed by atoms with E-state index in [9.17, 15) is 0 Å². The Bertz CT molecular complexity index is 710. The summed E-state index contributed by atoms with van der Waals surface area (Å²) >= 11 is 3.14. The second-order valence-electron chi connectivity index (χ2n) is 7.08. The lowest BCUT2D eigenvalue weighted by Gasteiger charge is -2.27.